The van der Waals surface area contributed by atoms with E-state index in [1.807, 2.05) is 67.1 Å². The molecule has 28 heavy (non-hydrogen) atoms. The number of nitrogens with one attached hydrogen (secondary N) is 1. The highest BCUT2D eigenvalue weighted by atomic mass is 16.5. The van der Waals surface area contributed by atoms with Crippen LogP contribution >= 0.6 is 0 Å². The molecule has 6 nitrogen and oxygen atoms in total. The largest absolute Gasteiger partial charge is 0.493 e. The molecule has 146 valence electrons. The zero-order valence-electron chi connectivity index (χ0n) is 16.7. The van der Waals surface area contributed by atoms with E-state index in [0.717, 1.165) is 22.5 Å². The molecule has 1 N–H and O–H groups in total. The number of ether oxygens (including phenoxy) is 2. The van der Waals surface area contributed by atoms with Crippen molar-refractivity contribution in [3.63, 3.8) is 0 Å². The molecule has 1 heterocycles. The van der Waals surface area contributed by atoms with Crippen molar-refractivity contribution in [1.29, 1.82) is 0 Å². The molecule has 0 unspecified atom stereocenters. The number of benzene rings is 2. The number of aromatic nitrogens is 2. The minimum Gasteiger partial charge on any atom is -0.493 e. The smallest absolute Gasteiger partial charge is 0.255 e. The van der Waals surface area contributed by atoms with Crippen LogP contribution in [0.25, 0.3) is 0 Å². The second-order valence-corrected chi connectivity index (χ2v) is 6.56. The molecule has 0 atom stereocenters. The Labute approximate surface area is 165 Å². The van der Waals surface area contributed by atoms with E-state index in [-0.39, 0.29) is 5.91 Å². The fraction of sp³-hybridized carbons (Fsp3) is 0.273. The number of aryl methyl sites for hydroxylation is 1. The molecule has 1 aromatic heterocycles. The number of carbonyl (C=O) groups excluding carboxylic acids is 1. The van der Waals surface area contributed by atoms with Crippen LogP contribution in [0, 0.1) is 13.8 Å². The van der Waals surface area contributed by atoms with E-state index in [1.54, 1.807) is 14.2 Å². The molecule has 3 aromatic rings. The first kappa shape index (κ1) is 19.5. The van der Waals surface area contributed by atoms with Crippen molar-refractivity contribution in [1.82, 2.24) is 15.1 Å². The average Bonchev–Trinajstić information content (AvgIpc) is 2.99. The van der Waals surface area contributed by atoms with Crippen molar-refractivity contribution < 1.29 is 14.3 Å². The molecule has 0 aliphatic rings. The van der Waals surface area contributed by atoms with Crippen molar-refractivity contribution in [2.75, 3.05) is 14.2 Å². The third kappa shape index (κ3) is 4.17. The van der Waals surface area contributed by atoms with Crippen molar-refractivity contribution in [2.45, 2.75) is 26.9 Å². The second kappa shape index (κ2) is 8.61. The first-order chi connectivity index (χ1) is 13.5. The molecular weight excluding hydrogens is 354 g/mol. The lowest BCUT2D eigenvalue weighted by Gasteiger charge is -2.11. The molecule has 0 saturated heterocycles. The van der Waals surface area contributed by atoms with Crippen LogP contribution in [0.1, 0.15) is 32.9 Å². The van der Waals surface area contributed by atoms with Crippen LogP contribution in [-0.4, -0.2) is 29.9 Å². The molecule has 3 rings (SSSR count). The van der Waals surface area contributed by atoms with Gasteiger partial charge in [-0.2, -0.15) is 5.10 Å². The Bertz CT molecular complexity index is 965. The predicted molar refractivity (Wildman–Crippen MR) is 108 cm³/mol. The maximum Gasteiger partial charge on any atom is 0.255 e. The van der Waals surface area contributed by atoms with E-state index in [0.29, 0.717) is 30.2 Å². The minimum absolute atomic E-state index is 0.135. The van der Waals surface area contributed by atoms with Crippen LogP contribution in [0.5, 0.6) is 11.5 Å². The molecule has 0 bridgehead atoms. The standard InChI is InChI=1S/C22H25N3O3/c1-15-21(16(2)25(24-15)14-17-8-6-5-7-9-17)22(26)23-13-18-10-11-19(27-3)20(12-18)28-4/h5-12H,13-14H2,1-4H3,(H,23,26). The number of rotatable bonds is 7. The van der Waals surface area contributed by atoms with Crippen molar-refractivity contribution >= 4 is 5.91 Å². The van der Waals surface area contributed by atoms with Gasteiger partial charge in [0.25, 0.3) is 5.91 Å². The molecular formula is C22H25N3O3. The molecule has 0 aliphatic carbocycles. The van der Waals surface area contributed by atoms with Gasteiger partial charge in [0, 0.05) is 12.2 Å². The van der Waals surface area contributed by atoms with Crippen LogP contribution < -0.4 is 14.8 Å². The first-order valence-corrected chi connectivity index (χ1v) is 9.10. The van der Waals surface area contributed by atoms with Crippen LogP contribution in [0.15, 0.2) is 48.5 Å². The highest BCUT2D eigenvalue weighted by Crippen LogP contribution is 2.27. The van der Waals surface area contributed by atoms with Gasteiger partial charge in [-0.05, 0) is 37.1 Å². The summed E-state index contributed by atoms with van der Waals surface area (Å²) in [6.07, 6.45) is 0. The van der Waals surface area contributed by atoms with Crippen molar-refractivity contribution in [3.8, 4) is 11.5 Å². The summed E-state index contributed by atoms with van der Waals surface area (Å²) in [4.78, 5) is 12.8. The summed E-state index contributed by atoms with van der Waals surface area (Å²) in [6.45, 7) is 4.81. The fourth-order valence-electron chi connectivity index (χ4n) is 3.20. The van der Waals surface area contributed by atoms with Gasteiger partial charge in [-0.1, -0.05) is 36.4 Å². The first-order valence-electron chi connectivity index (χ1n) is 9.10. The summed E-state index contributed by atoms with van der Waals surface area (Å²) in [5.74, 6) is 1.16. The van der Waals surface area contributed by atoms with Gasteiger partial charge in [-0.3, -0.25) is 9.48 Å². The van der Waals surface area contributed by atoms with E-state index in [1.165, 1.54) is 0 Å². The Hall–Kier alpha value is -3.28. The van der Waals surface area contributed by atoms with Gasteiger partial charge in [0.05, 0.1) is 32.0 Å². The van der Waals surface area contributed by atoms with Gasteiger partial charge in [0.1, 0.15) is 0 Å². The quantitative estimate of drug-likeness (QED) is 0.682. The third-order valence-corrected chi connectivity index (χ3v) is 4.68. The number of hydrogen-bond donors (Lipinski definition) is 1. The van der Waals surface area contributed by atoms with Crippen LogP contribution in [-0.2, 0) is 13.1 Å². The number of hydrogen-bond acceptors (Lipinski definition) is 4. The maximum absolute atomic E-state index is 12.8. The normalized spacial score (nSPS) is 10.6. The molecule has 0 saturated carbocycles. The molecule has 0 fully saturated rings. The molecule has 0 spiro atoms. The Kier molecular flexibility index (Phi) is 5.99. The van der Waals surface area contributed by atoms with Gasteiger partial charge in [0.15, 0.2) is 11.5 Å². The van der Waals surface area contributed by atoms with Crippen LogP contribution in [0.4, 0.5) is 0 Å². The molecule has 0 radical (unpaired) electrons. The van der Waals surface area contributed by atoms with Gasteiger partial charge < -0.3 is 14.8 Å². The lowest BCUT2D eigenvalue weighted by molar-refractivity contribution is 0.0949. The zero-order valence-corrected chi connectivity index (χ0v) is 16.7. The number of methoxy groups -OCH3 is 2. The van der Waals surface area contributed by atoms with Gasteiger partial charge in [0.2, 0.25) is 0 Å². The average molecular weight is 379 g/mol. The van der Waals surface area contributed by atoms with E-state index >= 15 is 0 Å². The van der Waals surface area contributed by atoms with E-state index < -0.39 is 0 Å². The number of nitrogens with zero attached hydrogens (tertiary/aromatic N) is 2. The predicted octanol–water partition coefficient (Wildman–Crippen LogP) is 3.50. The van der Waals surface area contributed by atoms with E-state index in [4.69, 9.17) is 9.47 Å². The summed E-state index contributed by atoms with van der Waals surface area (Å²) in [5.41, 5.74) is 4.27. The minimum atomic E-state index is -0.135. The van der Waals surface area contributed by atoms with Crippen LogP contribution in [0.2, 0.25) is 0 Å². The molecule has 0 aliphatic heterocycles. The van der Waals surface area contributed by atoms with Gasteiger partial charge in [-0.25, -0.2) is 0 Å². The maximum atomic E-state index is 12.8. The molecule has 2 aromatic carbocycles. The summed E-state index contributed by atoms with van der Waals surface area (Å²) in [7, 11) is 3.19. The highest BCUT2D eigenvalue weighted by Gasteiger charge is 2.18. The number of amides is 1. The second-order valence-electron chi connectivity index (χ2n) is 6.56. The molecule has 6 heteroatoms. The topological polar surface area (TPSA) is 65.4 Å². The Morgan fingerprint density at radius 1 is 1.00 bits per heavy atom. The van der Waals surface area contributed by atoms with Crippen molar-refractivity contribution in [3.05, 3.63) is 76.6 Å². The van der Waals surface area contributed by atoms with E-state index in [2.05, 4.69) is 10.4 Å². The summed E-state index contributed by atoms with van der Waals surface area (Å²) >= 11 is 0. The molecule has 1 amide bonds. The Morgan fingerprint density at radius 3 is 2.39 bits per heavy atom. The van der Waals surface area contributed by atoms with Gasteiger partial charge >= 0.3 is 0 Å². The summed E-state index contributed by atoms with van der Waals surface area (Å²) in [5, 5.41) is 7.53. The van der Waals surface area contributed by atoms with Crippen LogP contribution in [0.3, 0.4) is 0 Å². The lowest BCUT2D eigenvalue weighted by atomic mass is 10.1. The fourth-order valence-corrected chi connectivity index (χ4v) is 3.20. The summed E-state index contributed by atoms with van der Waals surface area (Å²) < 4.78 is 12.4. The SMILES string of the molecule is COc1ccc(CNC(=O)c2c(C)nn(Cc3ccccc3)c2C)cc1OC. The zero-order chi connectivity index (χ0) is 20.1. The van der Waals surface area contributed by atoms with E-state index in [9.17, 15) is 4.79 Å². The van der Waals surface area contributed by atoms with Crippen molar-refractivity contribution in [2.24, 2.45) is 0 Å². The lowest BCUT2D eigenvalue weighted by Crippen LogP contribution is -2.24. The summed E-state index contributed by atoms with van der Waals surface area (Å²) in [6, 6.07) is 15.7. The number of carbonyl (C=O) groups is 1. The Balaban J connectivity index is 1.73. The highest BCUT2D eigenvalue weighted by molar-refractivity contribution is 5.96. The third-order valence-electron chi connectivity index (χ3n) is 4.68. The van der Waals surface area contributed by atoms with Gasteiger partial charge in [-0.15, -0.1) is 0 Å². The Morgan fingerprint density at radius 2 is 1.71 bits per heavy atom. The monoisotopic (exact) mass is 379 g/mol.